The van der Waals surface area contributed by atoms with Gasteiger partial charge in [-0.25, -0.2) is 9.97 Å². The van der Waals surface area contributed by atoms with E-state index in [1.807, 2.05) is 18.2 Å². The average Bonchev–Trinajstić information content (AvgIpc) is 3.27. The second-order valence-electron chi connectivity index (χ2n) is 6.54. The summed E-state index contributed by atoms with van der Waals surface area (Å²) in [6, 6.07) is 5.89. The molecule has 3 heterocycles. The Bertz CT molecular complexity index is 1070. The van der Waals surface area contributed by atoms with Gasteiger partial charge in [0.1, 0.15) is 5.52 Å². The highest BCUT2D eigenvalue weighted by atomic mass is 127. The lowest BCUT2D eigenvalue weighted by atomic mass is 10.3. The first-order chi connectivity index (χ1) is 14.0. The van der Waals surface area contributed by atoms with Gasteiger partial charge in [0.05, 0.1) is 5.52 Å². The summed E-state index contributed by atoms with van der Waals surface area (Å²) in [6.07, 6.45) is 3.48. The van der Waals surface area contributed by atoms with Crippen molar-refractivity contribution in [3.8, 4) is 11.5 Å². The van der Waals surface area contributed by atoms with Crippen molar-refractivity contribution in [2.45, 2.75) is 36.4 Å². The van der Waals surface area contributed by atoms with Crippen molar-refractivity contribution in [1.82, 2.24) is 19.9 Å². The van der Waals surface area contributed by atoms with Gasteiger partial charge < -0.3 is 25.1 Å². The number of nitrogens with two attached hydrogens (primary N) is 1. The summed E-state index contributed by atoms with van der Waals surface area (Å²) in [5.74, 6) is 1.91. The van der Waals surface area contributed by atoms with Crippen LogP contribution >= 0.6 is 34.4 Å². The van der Waals surface area contributed by atoms with Crippen LogP contribution < -0.4 is 20.5 Å². The molecule has 0 bridgehead atoms. The summed E-state index contributed by atoms with van der Waals surface area (Å²) in [7, 11) is 0. The Balaban J connectivity index is 1.61. The van der Waals surface area contributed by atoms with Gasteiger partial charge in [-0.2, -0.15) is 0 Å². The Kier molecular flexibility index (Phi) is 5.99. The number of carbonyl (C=O) groups is 1. The number of benzene rings is 1. The molecule has 4 rings (SSSR count). The largest absolute Gasteiger partial charge is 0.454 e. The van der Waals surface area contributed by atoms with Crippen LogP contribution in [-0.2, 0) is 11.3 Å². The number of nitrogens with zero attached hydrogens (tertiary/aromatic N) is 3. The molecule has 0 aliphatic carbocycles. The van der Waals surface area contributed by atoms with E-state index < -0.39 is 0 Å². The van der Waals surface area contributed by atoms with E-state index in [9.17, 15) is 4.79 Å². The van der Waals surface area contributed by atoms with E-state index >= 15 is 0 Å². The fourth-order valence-electron chi connectivity index (χ4n) is 3.08. The monoisotopic (exact) mass is 525 g/mol. The summed E-state index contributed by atoms with van der Waals surface area (Å²) in [6.45, 7) is 3.20. The molecule has 3 aromatic rings. The maximum atomic E-state index is 11.0. The van der Waals surface area contributed by atoms with E-state index in [1.165, 1.54) is 6.92 Å². The predicted molar refractivity (Wildman–Crippen MR) is 119 cm³/mol. The fourth-order valence-corrected chi connectivity index (χ4v) is 4.80. The Labute approximate surface area is 185 Å². The van der Waals surface area contributed by atoms with E-state index in [4.69, 9.17) is 20.2 Å². The molecule has 0 saturated carbocycles. The molecule has 0 saturated heterocycles. The molecule has 8 nitrogen and oxygen atoms in total. The Morgan fingerprint density at radius 1 is 1.34 bits per heavy atom. The number of hydrogen-bond acceptors (Lipinski definition) is 7. The molecule has 29 heavy (non-hydrogen) atoms. The van der Waals surface area contributed by atoms with Crippen LogP contribution in [0.3, 0.4) is 0 Å². The summed E-state index contributed by atoms with van der Waals surface area (Å²) in [4.78, 5) is 21.0. The van der Waals surface area contributed by atoms with Crippen LogP contribution in [0.5, 0.6) is 11.5 Å². The number of pyridine rings is 1. The summed E-state index contributed by atoms with van der Waals surface area (Å²) in [5, 5.41) is 3.68. The van der Waals surface area contributed by atoms with Gasteiger partial charge in [-0.05, 0) is 53.6 Å². The van der Waals surface area contributed by atoms with Crippen molar-refractivity contribution in [2.75, 3.05) is 19.1 Å². The number of unbranched alkanes of at least 4 members (excludes halogenated alkanes) is 1. The SMILES string of the molecule is CC(=O)NCCCCn1c(Sc2cc3c(cc2I)OCO3)nc2c(N)nccc21. The number of aryl methyl sites for hydroxylation is 1. The van der Waals surface area contributed by atoms with Crippen LogP contribution in [0.25, 0.3) is 11.0 Å². The molecule has 0 unspecified atom stereocenters. The standard InChI is InChI=1S/C19H20IN5O3S/c1-11(26)22-5-2-3-7-25-13-4-6-23-18(21)17(13)24-19(25)29-16-9-15-14(8-12(16)20)27-10-28-15/h4,6,8-9H,2-3,5,7,10H2,1H3,(H2,21,23)(H,22,26). The van der Waals surface area contributed by atoms with Gasteiger partial charge >= 0.3 is 0 Å². The molecule has 1 aliphatic rings. The molecule has 10 heteroatoms. The van der Waals surface area contributed by atoms with Gasteiger partial charge in [-0.1, -0.05) is 11.8 Å². The van der Waals surface area contributed by atoms with Crippen molar-refractivity contribution in [3.05, 3.63) is 28.0 Å². The van der Waals surface area contributed by atoms with E-state index in [2.05, 4.69) is 37.5 Å². The number of amides is 1. The average molecular weight is 525 g/mol. The number of anilines is 1. The molecule has 1 amide bonds. The van der Waals surface area contributed by atoms with Gasteiger partial charge in [0.25, 0.3) is 0 Å². The summed E-state index contributed by atoms with van der Waals surface area (Å²) < 4.78 is 14.2. The number of fused-ring (bicyclic) bond motifs is 2. The predicted octanol–water partition coefficient (Wildman–Crippen LogP) is 3.41. The molecule has 3 N–H and O–H groups in total. The highest BCUT2D eigenvalue weighted by Gasteiger charge is 2.20. The number of halogens is 1. The molecule has 2 aromatic heterocycles. The van der Waals surface area contributed by atoms with E-state index in [0.717, 1.165) is 50.0 Å². The maximum Gasteiger partial charge on any atom is 0.231 e. The third-order valence-corrected chi connectivity index (χ3v) is 6.78. The second-order valence-corrected chi connectivity index (χ2v) is 8.71. The van der Waals surface area contributed by atoms with Crippen LogP contribution in [0.1, 0.15) is 19.8 Å². The molecule has 1 aliphatic heterocycles. The van der Waals surface area contributed by atoms with Crippen LogP contribution in [0.2, 0.25) is 0 Å². The quantitative estimate of drug-likeness (QED) is 0.360. The van der Waals surface area contributed by atoms with Crippen LogP contribution in [0.4, 0.5) is 5.82 Å². The Morgan fingerprint density at radius 2 is 2.14 bits per heavy atom. The number of hydrogen-bond donors (Lipinski definition) is 2. The fraction of sp³-hybridized carbons (Fsp3) is 0.316. The van der Waals surface area contributed by atoms with Gasteiger partial charge in [-0.3, -0.25) is 4.79 Å². The number of nitrogen functional groups attached to an aromatic ring is 1. The van der Waals surface area contributed by atoms with Crippen molar-refractivity contribution in [3.63, 3.8) is 0 Å². The van der Waals surface area contributed by atoms with Crippen molar-refractivity contribution >= 4 is 57.1 Å². The van der Waals surface area contributed by atoms with E-state index in [-0.39, 0.29) is 12.7 Å². The molecule has 152 valence electrons. The van der Waals surface area contributed by atoms with Crippen LogP contribution in [-0.4, -0.2) is 33.8 Å². The summed E-state index contributed by atoms with van der Waals surface area (Å²) in [5.41, 5.74) is 7.72. The number of aromatic nitrogens is 3. The highest BCUT2D eigenvalue weighted by Crippen LogP contribution is 2.41. The third kappa shape index (κ3) is 4.37. The topological polar surface area (TPSA) is 104 Å². The van der Waals surface area contributed by atoms with Gasteiger partial charge in [0.15, 0.2) is 22.5 Å². The zero-order valence-electron chi connectivity index (χ0n) is 15.8. The maximum absolute atomic E-state index is 11.0. The van der Waals surface area contributed by atoms with Gasteiger partial charge in [-0.15, -0.1) is 0 Å². The molecular formula is C19H20IN5O3S. The van der Waals surface area contributed by atoms with Crippen LogP contribution in [0, 0.1) is 3.57 Å². The smallest absolute Gasteiger partial charge is 0.231 e. The zero-order chi connectivity index (χ0) is 20.4. The van der Waals surface area contributed by atoms with E-state index in [1.54, 1.807) is 18.0 Å². The summed E-state index contributed by atoms with van der Waals surface area (Å²) >= 11 is 3.86. The zero-order valence-corrected chi connectivity index (χ0v) is 18.7. The lowest BCUT2D eigenvalue weighted by Crippen LogP contribution is -2.21. The highest BCUT2D eigenvalue weighted by molar-refractivity contribution is 14.1. The first-order valence-electron chi connectivity index (χ1n) is 9.15. The minimum absolute atomic E-state index is 0.00874. The number of imidazole rings is 1. The third-order valence-electron chi connectivity index (χ3n) is 4.47. The Morgan fingerprint density at radius 3 is 2.93 bits per heavy atom. The first kappa shape index (κ1) is 20.1. The van der Waals surface area contributed by atoms with Gasteiger partial charge in [0, 0.05) is 34.7 Å². The van der Waals surface area contributed by atoms with Crippen molar-refractivity contribution < 1.29 is 14.3 Å². The van der Waals surface area contributed by atoms with Crippen molar-refractivity contribution in [2.24, 2.45) is 0 Å². The Hall–Kier alpha value is -2.21. The minimum atomic E-state index is -0.00874. The molecule has 0 spiro atoms. The molecule has 0 radical (unpaired) electrons. The normalized spacial score (nSPS) is 12.5. The molecule has 1 aromatic carbocycles. The lowest BCUT2D eigenvalue weighted by Gasteiger charge is -2.10. The number of rotatable bonds is 7. The number of carbonyl (C=O) groups excluding carboxylic acids is 1. The van der Waals surface area contributed by atoms with Crippen molar-refractivity contribution in [1.29, 1.82) is 0 Å². The second kappa shape index (κ2) is 8.66. The first-order valence-corrected chi connectivity index (χ1v) is 11.0. The van der Waals surface area contributed by atoms with Crippen LogP contribution in [0.15, 0.2) is 34.4 Å². The number of ether oxygens (including phenoxy) is 2. The molecule has 0 fully saturated rings. The van der Waals surface area contributed by atoms with Gasteiger partial charge in [0.2, 0.25) is 12.7 Å². The molecule has 0 atom stereocenters. The molecular weight excluding hydrogens is 505 g/mol. The lowest BCUT2D eigenvalue weighted by molar-refractivity contribution is -0.118. The van der Waals surface area contributed by atoms with E-state index in [0.29, 0.717) is 17.9 Å². The minimum Gasteiger partial charge on any atom is -0.454 e. The number of nitrogens with one attached hydrogen (secondary N) is 1.